The van der Waals surface area contributed by atoms with Crippen molar-refractivity contribution in [3.63, 3.8) is 0 Å². The molecule has 2 N–H and O–H groups in total. The number of carbonyl (C=O) groups excluding carboxylic acids is 1. The van der Waals surface area contributed by atoms with Gasteiger partial charge in [0.1, 0.15) is 0 Å². The lowest BCUT2D eigenvalue weighted by Gasteiger charge is -2.35. The lowest BCUT2D eigenvalue weighted by atomic mass is 9.82. The molecular weight excluding hydrogens is 236 g/mol. The third-order valence-electron chi connectivity index (χ3n) is 4.61. The van der Waals surface area contributed by atoms with Crippen molar-refractivity contribution in [1.29, 1.82) is 0 Å². The molecule has 1 aliphatic carbocycles. The van der Waals surface area contributed by atoms with Gasteiger partial charge in [-0.25, -0.2) is 0 Å². The van der Waals surface area contributed by atoms with Crippen LogP contribution in [0.15, 0.2) is 11.6 Å². The fourth-order valence-electron chi connectivity index (χ4n) is 3.17. The minimum atomic E-state index is 0.226. The quantitative estimate of drug-likeness (QED) is 0.740. The molecule has 0 aromatic heterocycles. The first kappa shape index (κ1) is 14.6. The van der Waals surface area contributed by atoms with Crippen LogP contribution >= 0.6 is 0 Å². The maximum atomic E-state index is 12.5. The normalized spacial score (nSPS) is 29.1. The lowest BCUT2D eigenvalue weighted by molar-refractivity contribution is -0.136. The summed E-state index contributed by atoms with van der Waals surface area (Å²) in [4.78, 5) is 14.5. The summed E-state index contributed by atoms with van der Waals surface area (Å²) in [5.41, 5.74) is 7.64. The Hall–Kier alpha value is -0.830. The molecule has 1 amide bonds. The van der Waals surface area contributed by atoms with Gasteiger partial charge in [-0.1, -0.05) is 32.4 Å². The van der Waals surface area contributed by atoms with Gasteiger partial charge in [0.2, 0.25) is 5.91 Å². The van der Waals surface area contributed by atoms with Gasteiger partial charge in [-0.3, -0.25) is 4.79 Å². The molecule has 0 atom stereocenters. The van der Waals surface area contributed by atoms with E-state index < -0.39 is 0 Å². The minimum Gasteiger partial charge on any atom is -0.338 e. The summed E-state index contributed by atoms with van der Waals surface area (Å²) in [5.74, 6) is 0.584. The summed E-state index contributed by atoms with van der Waals surface area (Å²) in [5, 5.41) is 0. The van der Waals surface area contributed by atoms with E-state index >= 15 is 0 Å². The molecule has 0 saturated heterocycles. The molecule has 1 fully saturated rings. The molecular formula is C16H28N2O. The molecule has 0 aromatic rings. The number of rotatable bonds is 1. The van der Waals surface area contributed by atoms with Gasteiger partial charge in [0.05, 0.1) is 0 Å². The molecule has 2 aliphatic rings. The predicted molar refractivity (Wildman–Crippen MR) is 78.7 cm³/mol. The zero-order valence-electron chi connectivity index (χ0n) is 12.6. The molecule has 1 saturated carbocycles. The van der Waals surface area contributed by atoms with Gasteiger partial charge in [-0.05, 0) is 37.5 Å². The Labute approximate surface area is 117 Å². The van der Waals surface area contributed by atoms with E-state index in [0.717, 1.165) is 45.2 Å². The number of nitrogens with zero attached hydrogens (tertiary/aromatic N) is 1. The highest BCUT2D eigenvalue weighted by molar-refractivity contribution is 5.79. The third-order valence-corrected chi connectivity index (χ3v) is 4.61. The SMILES string of the molecule is CC(C)(C)C1=CCN(C(=O)C2CCC(N)CC2)CC1. The highest BCUT2D eigenvalue weighted by atomic mass is 16.2. The number of carbonyl (C=O) groups is 1. The summed E-state index contributed by atoms with van der Waals surface area (Å²) in [6.45, 7) is 8.44. The zero-order chi connectivity index (χ0) is 14.0. The largest absolute Gasteiger partial charge is 0.338 e. The Morgan fingerprint density at radius 2 is 1.89 bits per heavy atom. The first-order valence-corrected chi connectivity index (χ1v) is 7.62. The Kier molecular flexibility index (Phi) is 4.34. The number of hydrogen-bond acceptors (Lipinski definition) is 2. The monoisotopic (exact) mass is 264 g/mol. The van der Waals surface area contributed by atoms with Gasteiger partial charge in [0.25, 0.3) is 0 Å². The second-order valence-corrected chi connectivity index (χ2v) is 7.13. The summed E-state index contributed by atoms with van der Waals surface area (Å²) in [7, 11) is 0. The summed E-state index contributed by atoms with van der Waals surface area (Å²) < 4.78 is 0. The van der Waals surface area contributed by atoms with Crippen molar-refractivity contribution in [1.82, 2.24) is 4.90 Å². The summed E-state index contributed by atoms with van der Waals surface area (Å²) in [6.07, 6.45) is 7.26. The Morgan fingerprint density at radius 1 is 1.26 bits per heavy atom. The average Bonchev–Trinajstić information content (AvgIpc) is 2.38. The van der Waals surface area contributed by atoms with E-state index in [1.54, 1.807) is 0 Å². The van der Waals surface area contributed by atoms with Crippen LogP contribution < -0.4 is 5.73 Å². The Morgan fingerprint density at radius 3 is 2.37 bits per heavy atom. The Bertz CT molecular complexity index is 359. The highest BCUT2D eigenvalue weighted by Crippen LogP contribution is 2.31. The van der Waals surface area contributed by atoms with E-state index in [-0.39, 0.29) is 11.3 Å². The topological polar surface area (TPSA) is 46.3 Å². The molecule has 0 unspecified atom stereocenters. The van der Waals surface area contributed by atoms with E-state index in [0.29, 0.717) is 11.9 Å². The molecule has 2 rings (SSSR count). The third kappa shape index (κ3) is 3.59. The average molecular weight is 264 g/mol. The van der Waals surface area contributed by atoms with E-state index in [4.69, 9.17) is 5.73 Å². The molecule has 3 heteroatoms. The van der Waals surface area contributed by atoms with Crippen LogP contribution in [0.3, 0.4) is 0 Å². The van der Waals surface area contributed by atoms with Gasteiger partial charge in [-0.2, -0.15) is 0 Å². The van der Waals surface area contributed by atoms with Gasteiger partial charge in [-0.15, -0.1) is 0 Å². The van der Waals surface area contributed by atoms with Crippen LogP contribution in [0.2, 0.25) is 0 Å². The molecule has 3 nitrogen and oxygen atoms in total. The maximum absolute atomic E-state index is 12.5. The molecule has 19 heavy (non-hydrogen) atoms. The smallest absolute Gasteiger partial charge is 0.225 e. The summed E-state index contributed by atoms with van der Waals surface area (Å²) in [6, 6.07) is 0.317. The fourth-order valence-corrected chi connectivity index (χ4v) is 3.17. The zero-order valence-corrected chi connectivity index (χ0v) is 12.6. The second kappa shape index (κ2) is 5.66. The number of amides is 1. The molecule has 1 heterocycles. The molecule has 0 aromatic carbocycles. The highest BCUT2D eigenvalue weighted by Gasteiger charge is 2.30. The van der Waals surface area contributed by atoms with Crippen molar-refractivity contribution >= 4 is 5.91 Å². The van der Waals surface area contributed by atoms with Crippen molar-refractivity contribution in [2.45, 2.75) is 58.9 Å². The first-order valence-electron chi connectivity index (χ1n) is 7.62. The maximum Gasteiger partial charge on any atom is 0.225 e. The van der Waals surface area contributed by atoms with Crippen molar-refractivity contribution in [3.8, 4) is 0 Å². The first-order chi connectivity index (χ1) is 8.88. The number of nitrogens with two attached hydrogens (primary N) is 1. The summed E-state index contributed by atoms with van der Waals surface area (Å²) >= 11 is 0. The van der Waals surface area contributed by atoms with Gasteiger partial charge >= 0.3 is 0 Å². The van der Waals surface area contributed by atoms with Crippen LogP contribution in [0.5, 0.6) is 0 Å². The Balaban J connectivity index is 1.91. The van der Waals surface area contributed by atoms with E-state index in [1.165, 1.54) is 5.57 Å². The molecule has 108 valence electrons. The van der Waals surface area contributed by atoms with Crippen LogP contribution in [-0.4, -0.2) is 29.9 Å². The standard InChI is InChI=1S/C16H28N2O/c1-16(2,3)13-8-10-18(11-9-13)15(19)12-4-6-14(17)7-5-12/h8,12,14H,4-7,9-11,17H2,1-3H3. The molecule has 0 radical (unpaired) electrons. The predicted octanol–water partition coefficient (Wildman–Crippen LogP) is 2.71. The van der Waals surface area contributed by atoms with Gasteiger partial charge < -0.3 is 10.6 Å². The van der Waals surface area contributed by atoms with Crippen LogP contribution in [0.25, 0.3) is 0 Å². The fraction of sp³-hybridized carbons (Fsp3) is 0.812. The van der Waals surface area contributed by atoms with Crippen molar-refractivity contribution in [3.05, 3.63) is 11.6 Å². The van der Waals surface area contributed by atoms with Crippen LogP contribution in [0.1, 0.15) is 52.9 Å². The van der Waals surface area contributed by atoms with Crippen LogP contribution in [-0.2, 0) is 4.79 Å². The van der Waals surface area contributed by atoms with Gasteiger partial charge in [0, 0.05) is 25.0 Å². The van der Waals surface area contributed by atoms with E-state index in [9.17, 15) is 4.79 Å². The van der Waals surface area contributed by atoms with Crippen LogP contribution in [0.4, 0.5) is 0 Å². The second-order valence-electron chi connectivity index (χ2n) is 7.13. The molecule has 0 bridgehead atoms. The molecule has 1 aliphatic heterocycles. The minimum absolute atomic E-state index is 0.226. The van der Waals surface area contributed by atoms with E-state index in [1.807, 2.05) is 4.90 Å². The van der Waals surface area contributed by atoms with Crippen molar-refractivity contribution < 1.29 is 4.79 Å². The van der Waals surface area contributed by atoms with Gasteiger partial charge in [0.15, 0.2) is 0 Å². The van der Waals surface area contributed by atoms with Crippen LogP contribution in [0, 0.1) is 11.3 Å². The van der Waals surface area contributed by atoms with Crippen molar-refractivity contribution in [2.75, 3.05) is 13.1 Å². The van der Waals surface area contributed by atoms with E-state index in [2.05, 4.69) is 26.8 Å². The lowest BCUT2D eigenvalue weighted by Crippen LogP contribution is -2.42. The number of hydrogen-bond donors (Lipinski definition) is 1. The van der Waals surface area contributed by atoms with Crippen molar-refractivity contribution in [2.24, 2.45) is 17.1 Å². The molecule has 0 spiro atoms.